The van der Waals surface area contributed by atoms with Gasteiger partial charge in [-0.1, -0.05) is 55.8 Å². The Hall–Kier alpha value is -2.10. The van der Waals surface area contributed by atoms with Gasteiger partial charge >= 0.3 is 6.18 Å². The summed E-state index contributed by atoms with van der Waals surface area (Å²) >= 11 is 6.00. The molecule has 2 rings (SSSR count). The molecule has 0 fully saturated rings. The van der Waals surface area contributed by atoms with Gasteiger partial charge in [-0.25, -0.2) is 8.42 Å². The third kappa shape index (κ3) is 5.29. The van der Waals surface area contributed by atoms with Crippen molar-refractivity contribution < 1.29 is 26.4 Å². The number of nitrogens with one attached hydrogen (secondary N) is 1. The van der Waals surface area contributed by atoms with Crippen LogP contribution in [0.15, 0.2) is 53.4 Å². The topological polar surface area (TPSA) is 66.5 Å². The summed E-state index contributed by atoms with van der Waals surface area (Å²) in [5, 5.41) is 1.81. The number of nitrogens with zero attached hydrogens (tertiary/aromatic N) is 1. The van der Waals surface area contributed by atoms with E-state index in [1.54, 1.807) is 19.9 Å². The minimum Gasteiger partial charge on any atom is -0.337 e. The highest BCUT2D eigenvalue weighted by Gasteiger charge is 2.42. The molecule has 0 saturated heterocycles. The fourth-order valence-corrected chi connectivity index (χ4v) is 4.72. The van der Waals surface area contributed by atoms with Crippen molar-refractivity contribution in [1.82, 2.24) is 9.62 Å². The second-order valence-corrected chi connectivity index (χ2v) is 8.41. The number of sulfonamides is 1. The number of carbonyl (C=O) groups is 1. The summed E-state index contributed by atoms with van der Waals surface area (Å²) in [6.07, 6.45) is -4.74. The van der Waals surface area contributed by atoms with Crippen molar-refractivity contribution in [3.63, 3.8) is 0 Å². The van der Waals surface area contributed by atoms with Gasteiger partial charge < -0.3 is 5.32 Å². The van der Waals surface area contributed by atoms with Crippen molar-refractivity contribution in [1.29, 1.82) is 0 Å². The quantitative estimate of drug-likeness (QED) is 0.682. The van der Waals surface area contributed by atoms with Crippen LogP contribution in [0.2, 0.25) is 5.02 Å². The van der Waals surface area contributed by atoms with Gasteiger partial charge in [-0.05, 0) is 23.8 Å². The molecule has 29 heavy (non-hydrogen) atoms. The monoisotopic (exact) mass is 448 g/mol. The number of benzene rings is 2. The highest BCUT2D eigenvalue weighted by molar-refractivity contribution is 7.89. The van der Waals surface area contributed by atoms with Crippen LogP contribution in [0.3, 0.4) is 0 Å². The van der Waals surface area contributed by atoms with Crippen molar-refractivity contribution in [2.45, 2.75) is 31.0 Å². The molecule has 158 valence electrons. The van der Waals surface area contributed by atoms with Crippen molar-refractivity contribution >= 4 is 27.5 Å². The standard InChI is InChI=1S/C19H20ClF3N2O3S/c1-3-25(4-2)29(27,28)16-12-14(10-11-15(16)20)18(26)24-17(19(21,22)23)13-8-6-5-7-9-13/h5-12,17H,3-4H2,1-2H3,(H,24,26). The maximum absolute atomic E-state index is 13.5. The summed E-state index contributed by atoms with van der Waals surface area (Å²) in [6.45, 7) is 3.63. The predicted octanol–water partition coefficient (Wildman–Crippen LogP) is 4.40. The Morgan fingerprint density at radius 1 is 1.10 bits per heavy atom. The maximum Gasteiger partial charge on any atom is 0.412 e. The van der Waals surface area contributed by atoms with Crippen LogP contribution >= 0.6 is 11.6 Å². The molecule has 1 N–H and O–H groups in total. The summed E-state index contributed by atoms with van der Waals surface area (Å²) in [7, 11) is -4.00. The van der Waals surface area contributed by atoms with Gasteiger partial charge in [-0.3, -0.25) is 4.79 Å². The van der Waals surface area contributed by atoms with E-state index in [9.17, 15) is 26.4 Å². The van der Waals surface area contributed by atoms with Crippen LogP contribution in [0.4, 0.5) is 13.2 Å². The smallest absolute Gasteiger partial charge is 0.337 e. The minimum atomic E-state index is -4.74. The SMILES string of the molecule is CCN(CC)S(=O)(=O)c1cc(C(=O)NC(c2ccccc2)C(F)(F)F)ccc1Cl. The van der Waals surface area contributed by atoms with Gasteiger partial charge in [0.25, 0.3) is 5.91 Å². The molecule has 0 spiro atoms. The normalized spacial score (nSPS) is 13.3. The van der Waals surface area contributed by atoms with Crippen LogP contribution in [0, 0.1) is 0 Å². The number of hydrogen-bond acceptors (Lipinski definition) is 3. The number of halogens is 4. The Kier molecular flexibility index (Phi) is 7.31. The van der Waals surface area contributed by atoms with E-state index in [4.69, 9.17) is 11.6 Å². The molecule has 0 radical (unpaired) electrons. The zero-order valence-corrected chi connectivity index (χ0v) is 17.3. The molecule has 2 aromatic rings. The molecule has 10 heteroatoms. The Bertz CT molecular complexity index is 962. The zero-order valence-electron chi connectivity index (χ0n) is 15.7. The van der Waals surface area contributed by atoms with E-state index in [1.807, 2.05) is 5.32 Å². The summed E-state index contributed by atoms with van der Waals surface area (Å²) in [5.74, 6) is -1.07. The van der Waals surface area contributed by atoms with Crippen molar-refractivity contribution in [3.8, 4) is 0 Å². The van der Waals surface area contributed by atoms with Crippen molar-refractivity contribution in [2.75, 3.05) is 13.1 Å². The first-order chi connectivity index (χ1) is 13.5. The van der Waals surface area contributed by atoms with Crippen LogP contribution in [0.25, 0.3) is 0 Å². The molecule has 0 aliphatic rings. The van der Waals surface area contributed by atoms with E-state index < -0.39 is 28.1 Å². The molecule has 1 atom stereocenters. The van der Waals surface area contributed by atoms with Crippen molar-refractivity contribution in [2.24, 2.45) is 0 Å². The maximum atomic E-state index is 13.5. The molecular formula is C19H20ClF3N2O3S. The number of rotatable bonds is 7. The molecule has 0 bridgehead atoms. The molecule has 2 aromatic carbocycles. The van der Waals surface area contributed by atoms with E-state index in [0.29, 0.717) is 0 Å². The lowest BCUT2D eigenvalue weighted by Gasteiger charge is -2.23. The Morgan fingerprint density at radius 2 is 1.69 bits per heavy atom. The van der Waals surface area contributed by atoms with Crippen LogP contribution < -0.4 is 5.32 Å². The largest absolute Gasteiger partial charge is 0.412 e. The lowest BCUT2D eigenvalue weighted by Crippen LogP contribution is -2.38. The molecule has 1 amide bonds. The first-order valence-electron chi connectivity index (χ1n) is 8.74. The molecule has 0 aromatic heterocycles. The van der Waals surface area contributed by atoms with Gasteiger partial charge in [-0.15, -0.1) is 0 Å². The summed E-state index contributed by atoms with van der Waals surface area (Å²) in [6, 6.07) is 8.01. The van der Waals surface area contributed by atoms with E-state index in [-0.39, 0.29) is 34.1 Å². The van der Waals surface area contributed by atoms with Gasteiger partial charge in [0.05, 0.1) is 5.02 Å². The first kappa shape index (κ1) is 23.2. The number of amides is 1. The van der Waals surface area contributed by atoms with Gasteiger partial charge in [0.2, 0.25) is 10.0 Å². The molecular weight excluding hydrogens is 429 g/mol. The lowest BCUT2D eigenvalue weighted by atomic mass is 10.1. The Morgan fingerprint density at radius 3 is 2.21 bits per heavy atom. The highest BCUT2D eigenvalue weighted by Crippen LogP contribution is 2.33. The molecule has 0 aliphatic heterocycles. The van der Waals surface area contributed by atoms with Gasteiger partial charge in [0, 0.05) is 18.7 Å². The van der Waals surface area contributed by atoms with E-state index in [2.05, 4.69) is 0 Å². The van der Waals surface area contributed by atoms with E-state index >= 15 is 0 Å². The Balaban J connectivity index is 2.41. The summed E-state index contributed by atoms with van der Waals surface area (Å²) in [5.41, 5.74) is -0.386. The third-order valence-corrected chi connectivity index (χ3v) is 6.78. The number of carbonyl (C=O) groups excluding carboxylic acids is 1. The van der Waals surface area contributed by atoms with Crippen LogP contribution in [-0.4, -0.2) is 37.9 Å². The van der Waals surface area contributed by atoms with E-state index in [1.165, 1.54) is 36.4 Å². The number of hydrogen-bond donors (Lipinski definition) is 1. The average molecular weight is 449 g/mol. The van der Waals surface area contributed by atoms with Crippen molar-refractivity contribution in [3.05, 3.63) is 64.7 Å². The summed E-state index contributed by atoms with van der Waals surface area (Å²) in [4.78, 5) is 12.2. The molecule has 0 saturated carbocycles. The molecule has 1 unspecified atom stereocenters. The first-order valence-corrected chi connectivity index (χ1v) is 10.6. The Labute approximate surface area is 172 Å². The second-order valence-electron chi connectivity index (χ2n) is 6.09. The molecule has 5 nitrogen and oxygen atoms in total. The highest BCUT2D eigenvalue weighted by atomic mass is 35.5. The molecule has 0 heterocycles. The summed E-state index contributed by atoms with van der Waals surface area (Å²) < 4.78 is 67.0. The van der Waals surface area contributed by atoms with Crippen LogP contribution in [0.5, 0.6) is 0 Å². The molecule has 0 aliphatic carbocycles. The fraction of sp³-hybridized carbons (Fsp3) is 0.316. The fourth-order valence-electron chi connectivity index (χ4n) is 2.76. The van der Waals surface area contributed by atoms with Crippen LogP contribution in [-0.2, 0) is 10.0 Å². The van der Waals surface area contributed by atoms with Gasteiger partial charge in [0.15, 0.2) is 6.04 Å². The van der Waals surface area contributed by atoms with E-state index in [0.717, 1.165) is 10.4 Å². The number of alkyl halides is 3. The van der Waals surface area contributed by atoms with Gasteiger partial charge in [0.1, 0.15) is 4.90 Å². The van der Waals surface area contributed by atoms with Crippen LogP contribution in [0.1, 0.15) is 35.8 Å². The second kappa shape index (κ2) is 9.15. The lowest BCUT2D eigenvalue weighted by molar-refractivity contribution is -0.155. The zero-order chi connectivity index (χ0) is 21.8. The minimum absolute atomic E-state index is 0.121. The third-order valence-electron chi connectivity index (χ3n) is 4.25. The van der Waals surface area contributed by atoms with Gasteiger partial charge in [-0.2, -0.15) is 17.5 Å². The average Bonchev–Trinajstić information content (AvgIpc) is 2.66. The predicted molar refractivity (Wildman–Crippen MR) is 104 cm³/mol.